The Morgan fingerprint density at radius 2 is 1.86 bits per heavy atom. The molecule has 112 valence electrons. The number of furan rings is 1. The average Bonchev–Trinajstić information content (AvgIpc) is 2.96. The summed E-state index contributed by atoms with van der Waals surface area (Å²) in [6, 6.07) is 10.7. The normalized spacial score (nSPS) is 10.5. The summed E-state index contributed by atoms with van der Waals surface area (Å²) in [7, 11) is 0. The molecule has 0 aliphatic heterocycles. The molecular weight excluding hydrogens is 272 g/mol. The number of aryl methyl sites for hydroxylation is 1. The molecule has 1 aromatic carbocycles. The molecule has 0 amide bonds. The highest BCUT2D eigenvalue weighted by atomic mass is 16.5. The number of rotatable bonds is 8. The van der Waals surface area contributed by atoms with Crippen LogP contribution in [0.25, 0.3) is 0 Å². The maximum Gasteiger partial charge on any atom is 0.371 e. The van der Waals surface area contributed by atoms with E-state index in [1.54, 1.807) is 6.07 Å². The predicted octanol–water partition coefficient (Wildman–Crippen LogP) is 2.87. The van der Waals surface area contributed by atoms with Crippen LogP contribution in [0.15, 0.2) is 40.8 Å². The molecule has 2 N–H and O–H groups in total. The number of unbranched alkanes of at least 4 members (excludes halogenated alkanes) is 1. The molecule has 0 aliphatic rings. The van der Waals surface area contributed by atoms with Gasteiger partial charge in [-0.15, -0.1) is 0 Å². The monoisotopic (exact) mass is 290 g/mol. The minimum atomic E-state index is -1.09. The fourth-order valence-electron chi connectivity index (χ4n) is 1.92. The summed E-state index contributed by atoms with van der Waals surface area (Å²) < 4.78 is 10.6. The second-order valence-electron chi connectivity index (χ2n) is 4.68. The number of carboxylic acid groups (broad SMARTS) is 1. The topological polar surface area (TPSA) is 79.9 Å². The lowest BCUT2D eigenvalue weighted by atomic mass is 10.1. The summed E-state index contributed by atoms with van der Waals surface area (Å²) in [4.78, 5) is 10.7. The fraction of sp³-hybridized carbons (Fsp3) is 0.312. The average molecular weight is 290 g/mol. The SMILES string of the molecule is O=C(O)c1ccc(COc2ccc(CCCCO)cc2)o1. The first-order chi connectivity index (χ1) is 10.2. The van der Waals surface area contributed by atoms with Gasteiger partial charge < -0.3 is 19.4 Å². The van der Waals surface area contributed by atoms with Crippen LogP contribution in [0, 0.1) is 0 Å². The number of ether oxygens (including phenoxy) is 1. The smallest absolute Gasteiger partial charge is 0.371 e. The minimum Gasteiger partial charge on any atom is -0.486 e. The molecule has 0 fully saturated rings. The molecule has 1 heterocycles. The molecule has 0 atom stereocenters. The lowest BCUT2D eigenvalue weighted by Crippen LogP contribution is -1.95. The van der Waals surface area contributed by atoms with Crippen LogP contribution in [0.5, 0.6) is 5.75 Å². The summed E-state index contributed by atoms with van der Waals surface area (Å²) in [5, 5.41) is 17.5. The maximum atomic E-state index is 10.7. The zero-order valence-corrected chi connectivity index (χ0v) is 11.6. The maximum absolute atomic E-state index is 10.7. The molecule has 5 nitrogen and oxygen atoms in total. The molecule has 5 heteroatoms. The van der Waals surface area contributed by atoms with Gasteiger partial charge in [-0.3, -0.25) is 0 Å². The van der Waals surface area contributed by atoms with Gasteiger partial charge in [0, 0.05) is 6.61 Å². The quantitative estimate of drug-likeness (QED) is 0.731. The van der Waals surface area contributed by atoms with Crippen molar-refractivity contribution in [3.63, 3.8) is 0 Å². The van der Waals surface area contributed by atoms with Gasteiger partial charge in [-0.2, -0.15) is 0 Å². The Morgan fingerprint density at radius 1 is 1.10 bits per heavy atom. The highest BCUT2D eigenvalue weighted by Crippen LogP contribution is 2.16. The first-order valence-corrected chi connectivity index (χ1v) is 6.83. The number of aliphatic hydroxyl groups excluding tert-OH is 1. The van der Waals surface area contributed by atoms with Crippen molar-refractivity contribution in [1.29, 1.82) is 0 Å². The van der Waals surface area contributed by atoms with E-state index >= 15 is 0 Å². The highest BCUT2D eigenvalue weighted by molar-refractivity contribution is 5.84. The standard InChI is InChI=1S/C16H18O5/c17-10-2-1-3-12-4-6-13(7-5-12)20-11-14-8-9-15(21-14)16(18)19/h4-9,17H,1-3,10-11H2,(H,18,19). The number of carbonyl (C=O) groups is 1. The van der Waals surface area contributed by atoms with Gasteiger partial charge in [0.15, 0.2) is 0 Å². The highest BCUT2D eigenvalue weighted by Gasteiger charge is 2.09. The van der Waals surface area contributed by atoms with Gasteiger partial charge in [0.2, 0.25) is 5.76 Å². The van der Waals surface area contributed by atoms with Crippen molar-refractivity contribution in [3.8, 4) is 5.75 Å². The Kier molecular flexibility index (Phi) is 5.40. The van der Waals surface area contributed by atoms with Crippen LogP contribution in [-0.2, 0) is 13.0 Å². The van der Waals surface area contributed by atoms with Gasteiger partial charge in [0.25, 0.3) is 0 Å². The van der Waals surface area contributed by atoms with E-state index in [9.17, 15) is 4.79 Å². The van der Waals surface area contributed by atoms with Crippen molar-refractivity contribution in [2.75, 3.05) is 6.61 Å². The Morgan fingerprint density at radius 3 is 2.48 bits per heavy atom. The molecule has 1 aromatic heterocycles. The van der Waals surface area contributed by atoms with Gasteiger partial charge in [-0.05, 0) is 49.1 Å². The van der Waals surface area contributed by atoms with Gasteiger partial charge in [-0.1, -0.05) is 12.1 Å². The third kappa shape index (κ3) is 4.65. The van der Waals surface area contributed by atoms with Crippen molar-refractivity contribution in [3.05, 3.63) is 53.5 Å². The minimum absolute atomic E-state index is 0.0900. The third-order valence-corrected chi connectivity index (χ3v) is 3.05. The fourth-order valence-corrected chi connectivity index (χ4v) is 1.92. The Balaban J connectivity index is 1.83. The predicted molar refractivity (Wildman–Crippen MR) is 76.5 cm³/mol. The van der Waals surface area contributed by atoms with Crippen molar-refractivity contribution >= 4 is 5.97 Å². The molecule has 0 saturated heterocycles. The number of hydrogen-bond donors (Lipinski definition) is 2. The molecule has 0 bridgehead atoms. The number of benzene rings is 1. The van der Waals surface area contributed by atoms with Crippen molar-refractivity contribution in [2.45, 2.75) is 25.9 Å². The van der Waals surface area contributed by atoms with Crippen LogP contribution in [-0.4, -0.2) is 22.8 Å². The summed E-state index contributed by atoms with van der Waals surface area (Å²) in [5.41, 5.74) is 1.20. The number of carboxylic acids is 1. The molecule has 0 unspecified atom stereocenters. The number of hydrogen-bond acceptors (Lipinski definition) is 4. The van der Waals surface area contributed by atoms with Crippen molar-refractivity contribution < 1.29 is 24.2 Å². The van der Waals surface area contributed by atoms with Crippen LogP contribution in [0.4, 0.5) is 0 Å². The molecule has 2 rings (SSSR count). The van der Waals surface area contributed by atoms with E-state index in [0.29, 0.717) is 11.5 Å². The van der Waals surface area contributed by atoms with E-state index in [0.717, 1.165) is 19.3 Å². The molecule has 0 aliphatic carbocycles. The Labute approximate surface area is 122 Å². The second kappa shape index (κ2) is 7.50. The van der Waals surface area contributed by atoms with Crippen LogP contribution in [0.1, 0.15) is 34.7 Å². The van der Waals surface area contributed by atoms with E-state index < -0.39 is 5.97 Å². The van der Waals surface area contributed by atoms with E-state index in [2.05, 4.69) is 0 Å². The number of aliphatic hydroxyl groups is 1. The van der Waals surface area contributed by atoms with Crippen molar-refractivity contribution in [1.82, 2.24) is 0 Å². The van der Waals surface area contributed by atoms with Crippen LogP contribution >= 0.6 is 0 Å². The first kappa shape index (κ1) is 15.1. The van der Waals surface area contributed by atoms with Gasteiger partial charge in [-0.25, -0.2) is 4.79 Å². The lowest BCUT2D eigenvalue weighted by Gasteiger charge is -2.06. The molecule has 0 radical (unpaired) electrons. The molecule has 2 aromatic rings. The number of aromatic carboxylic acids is 1. The van der Waals surface area contributed by atoms with Gasteiger partial charge in [0.05, 0.1) is 0 Å². The largest absolute Gasteiger partial charge is 0.486 e. The van der Waals surface area contributed by atoms with Gasteiger partial charge >= 0.3 is 5.97 Å². The Bertz CT molecular complexity index is 571. The lowest BCUT2D eigenvalue weighted by molar-refractivity contribution is 0.0658. The van der Waals surface area contributed by atoms with Crippen molar-refractivity contribution in [2.24, 2.45) is 0 Å². The van der Waals surface area contributed by atoms with Crippen LogP contribution in [0.3, 0.4) is 0 Å². The summed E-state index contributed by atoms with van der Waals surface area (Å²) in [6.45, 7) is 0.416. The second-order valence-corrected chi connectivity index (χ2v) is 4.68. The van der Waals surface area contributed by atoms with Crippen LogP contribution < -0.4 is 4.74 Å². The molecule has 0 saturated carbocycles. The zero-order valence-electron chi connectivity index (χ0n) is 11.6. The summed E-state index contributed by atoms with van der Waals surface area (Å²) >= 11 is 0. The van der Waals surface area contributed by atoms with E-state index in [4.69, 9.17) is 19.4 Å². The van der Waals surface area contributed by atoms with Gasteiger partial charge in [0.1, 0.15) is 18.1 Å². The first-order valence-electron chi connectivity index (χ1n) is 6.83. The van der Waals surface area contributed by atoms with Crippen LogP contribution in [0.2, 0.25) is 0 Å². The summed E-state index contributed by atoms with van der Waals surface area (Å²) in [6.07, 6.45) is 2.70. The third-order valence-electron chi connectivity index (χ3n) is 3.05. The van der Waals surface area contributed by atoms with E-state index in [1.807, 2.05) is 24.3 Å². The van der Waals surface area contributed by atoms with E-state index in [1.165, 1.54) is 11.6 Å². The summed E-state index contributed by atoms with van der Waals surface area (Å²) in [5.74, 6) is -0.00470. The molecular formula is C16H18O5. The zero-order chi connectivity index (χ0) is 15.1. The Hall–Kier alpha value is -2.27. The molecule has 21 heavy (non-hydrogen) atoms. The van der Waals surface area contributed by atoms with E-state index in [-0.39, 0.29) is 19.0 Å². The molecule has 0 spiro atoms.